The van der Waals surface area contributed by atoms with Crippen molar-refractivity contribution < 1.29 is 14.7 Å². The first-order valence-corrected chi connectivity index (χ1v) is 9.29. The number of hydrogen-bond acceptors (Lipinski definition) is 5. The van der Waals surface area contributed by atoms with Gasteiger partial charge < -0.3 is 10.4 Å². The minimum absolute atomic E-state index is 0.00621. The fraction of sp³-hybridized carbons (Fsp3) is 0.526. The lowest BCUT2D eigenvalue weighted by Gasteiger charge is -2.19. The molecule has 0 aliphatic carbocycles. The van der Waals surface area contributed by atoms with Crippen LogP contribution in [0.1, 0.15) is 63.0 Å². The van der Waals surface area contributed by atoms with Crippen LogP contribution >= 0.6 is 0 Å². The Labute approximate surface area is 161 Å². The molecule has 28 heavy (non-hydrogen) atoms. The molecule has 1 atom stereocenters. The number of amides is 1. The van der Waals surface area contributed by atoms with Crippen molar-refractivity contribution in [3.63, 3.8) is 0 Å². The molecule has 0 aliphatic rings. The van der Waals surface area contributed by atoms with Gasteiger partial charge in [-0.05, 0) is 24.3 Å². The summed E-state index contributed by atoms with van der Waals surface area (Å²) in [5.41, 5.74) is -0.652. The monoisotopic (exact) mass is 390 g/mol. The van der Waals surface area contributed by atoms with E-state index in [0.29, 0.717) is 18.7 Å². The molecule has 0 saturated carbocycles. The Balaban J connectivity index is 2.79. The molecule has 2 heterocycles. The molecule has 0 fully saturated rings. The van der Waals surface area contributed by atoms with E-state index in [1.165, 1.54) is 10.6 Å². The van der Waals surface area contributed by atoms with E-state index in [9.17, 15) is 24.3 Å². The normalized spacial score (nSPS) is 12.5. The van der Waals surface area contributed by atoms with Gasteiger partial charge in [0.05, 0.1) is 10.9 Å². The number of aliphatic carboxylic acids is 1. The molecule has 152 valence electrons. The molecule has 0 bridgehead atoms. The van der Waals surface area contributed by atoms with Gasteiger partial charge >= 0.3 is 11.7 Å². The minimum Gasteiger partial charge on any atom is -0.480 e. The van der Waals surface area contributed by atoms with Crippen LogP contribution in [0.4, 0.5) is 0 Å². The predicted molar refractivity (Wildman–Crippen MR) is 105 cm³/mol. The summed E-state index contributed by atoms with van der Waals surface area (Å²) in [6.07, 6.45) is 0.630. The Bertz CT molecular complexity index is 1020. The molecule has 0 unspecified atom stereocenters. The maximum Gasteiger partial charge on any atom is 0.329 e. The highest BCUT2D eigenvalue weighted by atomic mass is 16.4. The Morgan fingerprint density at radius 1 is 1.25 bits per heavy atom. The Kier molecular flexibility index (Phi) is 6.37. The van der Waals surface area contributed by atoms with Gasteiger partial charge in [0.2, 0.25) is 0 Å². The van der Waals surface area contributed by atoms with Gasteiger partial charge in [0.15, 0.2) is 5.65 Å². The zero-order valence-corrected chi connectivity index (χ0v) is 16.7. The van der Waals surface area contributed by atoms with Crippen LogP contribution in [0.5, 0.6) is 0 Å². The van der Waals surface area contributed by atoms with Crippen LogP contribution in [0.3, 0.4) is 0 Å². The van der Waals surface area contributed by atoms with E-state index in [2.05, 4.69) is 15.3 Å². The SMILES string of the molecule is CCCn1c(=O)[nH]c(=O)c2c(C(=O)N[C@@H](C(=O)O)C(C)C)cc(C(C)C)nc21. The number of carbonyl (C=O) groups is 2. The third-order valence-electron chi connectivity index (χ3n) is 4.47. The van der Waals surface area contributed by atoms with Gasteiger partial charge in [0.1, 0.15) is 6.04 Å². The van der Waals surface area contributed by atoms with Crippen molar-refractivity contribution >= 4 is 22.9 Å². The van der Waals surface area contributed by atoms with Crippen molar-refractivity contribution in [2.45, 2.75) is 59.5 Å². The van der Waals surface area contributed by atoms with E-state index in [1.807, 2.05) is 20.8 Å². The summed E-state index contributed by atoms with van der Waals surface area (Å²) in [5.74, 6) is -2.28. The molecule has 0 aromatic carbocycles. The second kappa shape index (κ2) is 8.37. The third-order valence-corrected chi connectivity index (χ3v) is 4.47. The molecule has 3 N–H and O–H groups in total. The highest BCUT2D eigenvalue weighted by Gasteiger charge is 2.27. The molecular weight excluding hydrogens is 364 g/mol. The second-order valence-electron chi connectivity index (χ2n) is 7.39. The standard InChI is InChI=1S/C19H26N4O5/c1-6-7-23-15-13(17(25)22-19(23)28)11(8-12(20-15)9(2)3)16(24)21-14(10(4)5)18(26)27/h8-10,14H,6-7H2,1-5H3,(H,21,24)(H,26,27)(H,22,25,28)/t14-/m1/s1. The molecule has 0 aliphatic heterocycles. The van der Waals surface area contributed by atoms with E-state index in [0.717, 1.165) is 0 Å². The fourth-order valence-corrected chi connectivity index (χ4v) is 2.93. The van der Waals surface area contributed by atoms with Gasteiger partial charge in [-0.3, -0.25) is 19.1 Å². The molecule has 0 saturated heterocycles. The van der Waals surface area contributed by atoms with Crippen LogP contribution in [-0.4, -0.2) is 37.6 Å². The van der Waals surface area contributed by atoms with Crippen LogP contribution < -0.4 is 16.6 Å². The maximum absolute atomic E-state index is 12.9. The number of carboxylic acid groups (broad SMARTS) is 1. The van der Waals surface area contributed by atoms with E-state index in [1.54, 1.807) is 13.8 Å². The van der Waals surface area contributed by atoms with Gasteiger partial charge in [-0.1, -0.05) is 34.6 Å². The lowest BCUT2D eigenvalue weighted by molar-refractivity contribution is -0.140. The molecule has 9 nitrogen and oxygen atoms in total. The number of aryl methyl sites for hydroxylation is 1. The van der Waals surface area contributed by atoms with Gasteiger partial charge in [-0.2, -0.15) is 0 Å². The first-order chi connectivity index (χ1) is 13.1. The third kappa shape index (κ3) is 4.13. The second-order valence-corrected chi connectivity index (χ2v) is 7.39. The highest BCUT2D eigenvalue weighted by Crippen LogP contribution is 2.20. The van der Waals surface area contributed by atoms with Crippen LogP contribution in [-0.2, 0) is 11.3 Å². The molecule has 9 heteroatoms. The average molecular weight is 390 g/mol. The molecule has 1 amide bonds. The number of hydrogen-bond donors (Lipinski definition) is 3. The van der Waals surface area contributed by atoms with Crippen LogP contribution in [0, 0.1) is 5.92 Å². The maximum atomic E-state index is 12.9. The predicted octanol–water partition coefficient (Wildman–Crippen LogP) is 1.46. The minimum atomic E-state index is -1.16. The van der Waals surface area contributed by atoms with E-state index >= 15 is 0 Å². The van der Waals surface area contributed by atoms with Gasteiger partial charge in [0.25, 0.3) is 11.5 Å². The number of nitrogens with zero attached hydrogens (tertiary/aromatic N) is 2. The van der Waals surface area contributed by atoms with E-state index in [-0.39, 0.29) is 28.4 Å². The van der Waals surface area contributed by atoms with Crippen molar-refractivity contribution in [3.05, 3.63) is 38.2 Å². The first-order valence-electron chi connectivity index (χ1n) is 9.29. The zero-order chi connectivity index (χ0) is 21.2. The summed E-state index contributed by atoms with van der Waals surface area (Å²) in [6, 6.07) is 0.372. The highest BCUT2D eigenvalue weighted by molar-refractivity contribution is 6.06. The summed E-state index contributed by atoms with van der Waals surface area (Å²) >= 11 is 0. The van der Waals surface area contributed by atoms with Gasteiger partial charge in [-0.15, -0.1) is 0 Å². The Morgan fingerprint density at radius 3 is 2.39 bits per heavy atom. The number of carboxylic acids is 1. The first kappa shape index (κ1) is 21.3. The topological polar surface area (TPSA) is 134 Å². The van der Waals surface area contributed by atoms with Crippen molar-refractivity contribution in [2.75, 3.05) is 0 Å². The number of H-pyrrole nitrogens is 1. The van der Waals surface area contributed by atoms with Crippen molar-refractivity contribution in [1.82, 2.24) is 19.9 Å². The number of rotatable bonds is 7. The quantitative estimate of drug-likeness (QED) is 0.655. The molecule has 0 spiro atoms. The summed E-state index contributed by atoms with van der Waals surface area (Å²) in [7, 11) is 0. The number of carbonyl (C=O) groups excluding carboxylic acids is 1. The van der Waals surface area contributed by atoms with Crippen LogP contribution in [0.2, 0.25) is 0 Å². The molecule has 2 aromatic rings. The largest absolute Gasteiger partial charge is 0.480 e. The number of aromatic nitrogens is 3. The molecule has 2 rings (SSSR count). The zero-order valence-electron chi connectivity index (χ0n) is 16.7. The van der Waals surface area contributed by atoms with E-state index in [4.69, 9.17) is 0 Å². The van der Waals surface area contributed by atoms with Crippen LogP contribution in [0.15, 0.2) is 15.7 Å². The summed E-state index contributed by atoms with van der Waals surface area (Å²) < 4.78 is 1.33. The Morgan fingerprint density at radius 2 is 1.89 bits per heavy atom. The van der Waals surface area contributed by atoms with Gasteiger partial charge in [0, 0.05) is 12.2 Å². The van der Waals surface area contributed by atoms with Crippen LogP contribution in [0.25, 0.3) is 11.0 Å². The molecular formula is C19H26N4O5. The number of nitrogens with one attached hydrogen (secondary N) is 2. The summed E-state index contributed by atoms with van der Waals surface area (Å²) in [5, 5.41) is 11.8. The Hall–Kier alpha value is -2.97. The molecule has 0 radical (unpaired) electrons. The van der Waals surface area contributed by atoms with Gasteiger partial charge in [-0.25, -0.2) is 14.6 Å². The van der Waals surface area contributed by atoms with Crippen molar-refractivity contribution in [1.29, 1.82) is 0 Å². The number of pyridine rings is 1. The summed E-state index contributed by atoms with van der Waals surface area (Å²) in [4.78, 5) is 55.8. The van der Waals surface area contributed by atoms with E-state index < -0.39 is 29.2 Å². The average Bonchev–Trinajstić information content (AvgIpc) is 2.61. The molecule has 2 aromatic heterocycles. The number of aromatic amines is 1. The van der Waals surface area contributed by atoms with Crippen molar-refractivity contribution in [3.8, 4) is 0 Å². The fourth-order valence-electron chi connectivity index (χ4n) is 2.93. The summed E-state index contributed by atoms with van der Waals surface area (Å²) in [6.45, 7) is 9.30. The lowest BCUT2D eigenvalue weighted by atomic mass is 10.0. The smallest absolute Gasteiger partial charge is 0.329 e. The lowest BCUT2D eigenvalue weighted by Crippen LogP contribution is -2.44. The number of fused-ring (bicyclic) bond motifs is 1. The van der Waals surface area contributed by atoms with Crippen molar-refractivity contribution in [2.24, 2.45) is 5.92 Å².